The van der Waals surface area contributed by atoms with Gasteiger partial charge in [-0.25, -0.2) is 5.43 Å². The Labute approximate surface area is 375 Å². The van der Waals surface area contributed by atoms with Gasteiger partial charge in [0.2, 0.25) is 17.7 Å². The van der Waals surface area contributed by atoms with Crippen LogP contribution < -0.4 is 10.7 Å². The molecule has 4 aromatic rings. The first kappa shape index (κ1) is 46.1. The second-order valence-electron chi connectivity index (χ2n) is 18.4. The van der Waals surface area contributed by atoms with Crippen LogP contribution in [-0.2, 0) is 59.4 Å². The highest BCUT2D eigenvalue weighted by Crippen LogP contribution is 2.41. The van der Waals surface area contributed by atoms with Crippen molar-refractivity contribution in [1.29, 1.82) is 0 Å². The van der Waals surface area contributed by atoms with E-state index in [0.717, 1.165) is 44.5 Å². The third kappa shape index (κ3) is 9.60. The second-order valence-corrected chi connectivity index (χ2v) is 18.4. The van der Waals surface area contributed by atoms with Gasteiger partial charge in [-0.05, 0) is 97.7 Å². The number of fused-ring (bicyclic) bond motifs is 6. The molecule has 1 unspecified atom stereocenters. The van der Waals surface area contributed by atoms with E-state index in [4.69, 9.17) is 19.4 Å². The minimum atomic E-state index is -1.11. The van der Waals surface area contributed by atoms with Crippen molar-refractivity contribution < 1.29 is 33.4 Å². The van der Waals surface area contributed by atoms with Gasteiger partial charge in [0.1, 0.15) is 18.1 Å². The molecule has 2 N–H and O–H groups in total. The van der Waals surface area contributed by atoms with E-state index in [0.29, 0.717) is 57.6 Å². The zero-order chi connectivity index (χ0) is 45.9. The van der Waals surface area contributed by atoms with Gasteiger partial charge < -0.3 is 29.2 Å². The van der Waals surface area contributed by atoms with Gasteiger partial charge in [-0.15, -0.1) is 0 Å². The van der Waals surface area contributed by atoms with Gasteiger partial charge in [-0.3, -0.25) is 38.9 Å². The van der Waals surface area contributed by atoms with Crippen molar-refractivity contribution in [3.8, 4) is 22.4 Å². The normalized spacial score (nSPS) is 20.7. The number of nitrogens with zero attached hydrogens (tertiary/aromatic N) is 6. The predicted octanol–water partition coefficient (Wildman–Crippen LogP) is 5.10. The van der Waals surface area contributed by atoms with Gasteiger partial charge in [-0.2, -0.15) is 0 Å². The summed E-state index contributed by atoms with van der Waals surface area (Å²) in [6.45, 7) is 15.7. The maximum atomic E-state index is 14.6. The van der Waals surface area contributed by atoms with Crippen LogP contribution in [0.1, 0.15) is 70.8 Å². The van der Waals surface area contributed by atoms with Gasteiger partial charge in [0, 0.05) is 86.7 Å². The lowest BCUT2D eigenvalue weighted by atomic mass is 9.84. The summed E-state index contributed by atoms with van der Waals surface area (Å²) in [5.74, 6) is -2.68. The summed E-state index contributed by atoms with van der Waals surface area (Å²) in [5.41, 5.74) is 10.0. The molecule has 4 amide bonds. The SMILES string of the molecule is C=CC(=O)N1CC[C@H](C(=O)N(C)C(C(=O)N[C@H]2Cc3cc(ccn3)-c3ccc4c(c3)c(c(-c3cccnc3COC)n4CC)CC(C)(C)COC(=O)[C@@H]3CCCN(N3)C2=O)C(C)C)C1. The van der Waals surface area contributed by atoms with E-state index in [2.05, 4.69) is 66.9 Å². The number of esters is 1. The number of hydrazine groups is 1. The molecule has 3 aromatic heterocycles. The van der Waals surface area contributed by atoms with E-state index in [9.17, 15) is 24.0 Å². The number of hydrogen-bond acceptors (Lipinski definition) is 10. The Kier molecular flexibility index (Phi) is 14.0. The van der Waals surface area contributed by atoms with Crippen molar-refractivity contribution in [2.24, 2.45) is 17.3 Å². The molecule has 6 heterocycles. The number of likely N-dealkylation sites (N-methyl/N-ethyl adjacent to an activating group) is 1. The minimum Gasteiger partial charge on any atom is -0.464 e. The Morgan fingerprint density at radius 1 is 1.08 bits per heavy atom. The van der Waals surface area contributed by atoms with Crippen molar-refractivity contribution in [2.75, 3.05) is 40.4 Å². The van der Waals surface area contributed by atoms with Crippen LogP contribution in [-0.4, -0.2) is 117 Å². The fraction of sp³-hybridized carbons (Fsp3) is 0.490. The minimum absolute atomic E-state index is 0.0385. The van der Waals surface area contributed by atoms with Crippen molar-refractivity contribution in [2.45, 2.75) is 98.0 Å². The lowest BCUT2D eigenvalue weighted by Gasteiger charge is -2.37. The number of pyridine rings is 2. The summed E-state index contributed by atoms with van der Waals surface area (Å²) in [4.78, 5) is 81.6. The second kappa shape index (κ2) is 19.4. The van der Waals surface area contributed by atoms with E-state index >= 15 is 0 Å². The molecule has 0 radical (unpaired) electrons. The van der Waals surface area contributed by atoms with E-state index in [1.807, 2.05) is 32.0 Å². The molecule has 15 nitrogen and oxygen atoms in total. The molecule has 0 spiro atoms. The summed E-state index contributed by atoms with van der Waals surface area (Å²) in [5, 5.41) is 5.48. The summed E-state index contributed by atoms with van der Waals surface area (Å²) in [6.07, 6.45) is 6.82. The van der Waals surface area contributed by atoms with Crippen molar-refractivity contribution >= 4 is 40.5 Å². The van der Waals surface area contributed by atoms with Crippen molar-refractivity contribution in [3.63, 3.8) is 0 Å². The lowest BCUT2D eigenvalue weighted by Crippen LogP contribution is -2.62. The summed E-state index contributed by atoms with van der Waals surface area (Å²) in [7, 11) is 3.26. The largest absolute Gasteiger partial charge is 0.464 e. The first-order chi connectivity index (χ1) is 30.6. The summed E-state index contributed by atoms with van der Waals surface area (Å²) in [6, 6.07) is 11.5. The first-order valence-electron chi connectivity index (χ1n) is 22.4. The number of carbonyl (C=O) groups excluding carboxylic acids is 5. The van der Waals surface area contributed by atoms with Gasteiger partial charge in [0.05, 0.1) is 30.5 Å². The molecule has 340 valence electrons. The average Bonchev–Trinajstić information content (AvgIpc) is 3.90. The number of ether oxygens (including phenoxy) is 2. The quantitative estimate of drug-likeness (QED) is 0.162. The summed E-state index contributed by atoms with van der Waals surface area (Å²) >= 11 is 0. The van der Waals surface area contributed by atoms with Gasteiger partial charge >= 0.3 is 5.97 Å². The van der Waals surface area contributed by atoms with Crippen LogP contribution in [0, 0.1) is 17.3 Å². The molecular formula is C49H62N8O7. The van der Waals surface area contributed by atoms with E-state index in [1.54, 1.807) is 31.5 Å². The van der Waals surface area contributed by atoms with Crippen molar-refractivity contribution in [1.82, 2.24) is 40.1 Å². The number of nitrogens with one attached hydrogen (secondary N) is 2. The molecule has 64 heavy (non-hydrogen) atoms. The molecule has 15 heteroatoms. The van der Waals surface area contributed by atoms with Crippen LogP contribution in [0.25, 0.3) is 33.3 Å². The Morgan fingerprint density at radius 3 is 2.59 bits per heavy atom. The van der Waals surface area contributed by atoms with Gasteiger partial charge in [-0.1, -0.05) is 40.3 Å². The molecule has 2 saturated heterocycles. The molecule has 1 aromatic carbocycles. The van der Waals surface area contributed by atoms with Crippen LogP contribution in [0.3, 0.4) is 0 Å². The molecule has 7 rings (SSSR count). The molecule has 6 bridgehead atoms. The van der Waals surface area contributed by atoms with E-state index in [-0.39, 0.29) is 37.3 Å². The fourth-order valence-corrected chi connectivity index (χ4v) is 9.60. The highest BCUT2D eigenvalue weighted by atomic mass is 16.5. The smallest absolute Gasteiger partial charge is 0.324 e. The van der Waals surface area contributed by atoms with Crippen LogP contribution in [0.2, 0.25) is 0 Å². The van der Waals surface area contributed by atoms with Crippen LogP contribution in [0.15, 0.2) is 67.5 Å². The summed E-state index contributed by atoms with van der Waals surface area (Å²) < 4.78 is 14.0. The highest BCUT2D eigenvalue weighted by molar-refractivity contribution is 5.96. The van der Waals surface area contributed by atoms with Crippen LogP contribution in [0.4, 0.5) is 0 Å². The number of rotatable bonds is 10. The number of amides is 4. The predicted molar refractivity (Wildman–Crippen MR) is 243 cm³/mol. The number of aromatic nitrogens is 3. The number of hydrogen-bond donors (Lipinski definition) is 2. The number of methoxy groups -OCH3 is 1. The van der Waals surface area contributed by atoms with E-state index in [1.165, 1.54) is 16.0 Å². The Balaban J connectivity index is 1.28. The van der Waals surface area contributed by atoms with Crippen LogP contribution in [0.5, 0.6) is 0 Å². The molecule has 2 fully saturated rings. The Bertz CT molecular complexity index is 2430. The number of carbonyl (C=O) groups is 5. The third-order valence-electron chi connectivity index (χ3n) is 12.8. The Hall–Kier alpha value is -5.93. The van der Waals surface area contributed by atoms with Gasteiger partial charge in [0.15, 0.2) is 0 Å². The fourth-order valence-electron chi connectivity index (χ4n) is 9.60. The molecule has 4 atom stereocenters. The first-order valence-corrected chi connectivity index (χ1v) is 22.4. The van der Waals surface area contributed by atoms with Gasteiger partial charge in [0.25, 0.3) is 5.91 Å². The number of benzene rings is 1. The average molecular weight is 875 g/mol. The van der Waals surface area contributed by atoms with Crippen LogP contribution >= 0.6 is 0 Å². The molecule has 0 aliphatic carbocycles. The highest BCUT2D eigenvalue weighted by Gasteiger charge is 2.40. The molecular weight excluding hydrogens is 813 g/mol. The maximum Gasteiger partial charge on any atom is 0.324 e. The van der Waals surface area contributed by atoms with Crippen molar-refractivity contribution in [3.05, 3.63) is 84.5 Å². The molecule has 0 saturated carbocycles. The third-order valence-corrected chi connectivity index (χ3v) is 12.8. The monoisotopic (exact) mass is 874 g/mol. The topological polar surface area (TPSA) is 168 Å². The standard InChI is InChI=1S/C49H62N8O7/c1-9-42(58)55-22-18-33(27-55)46(60)54(7)43(30(3)4)45(59)52-39-25-34-23-32(17-20-50-34)31-15-16-41-36(24-31)37(44(56(41)10-2)35-13-11-19-51-40(35)28-63-8)26-49(5,6)29-64-48(62)38-14-12-21-57(53-38)47(39)61/h9,11,13,15-17,19-20,23-24,30,33,38-39,43,53H,1,10,12,14,18,21-22,25-29H2,2-8H3,(H,52,59)/t33-,38-,39-,43?/m0/s1. The Morgan fingerprint density at radius 2 is 1.86 bits per heavy atom. The lowest BCUT2D eigenvalue weighted by molar-refractivity contribution is -0.155. The molecule has 3 aliphatic heterocycles. The zero-order valence-corrected chi connectivity index (χ0v) is 38.2. The maximum absolute atomic E-state index is 14.6. The number of cyclic esters (lactones) is 1. The number of likely N-dealkylation sites (tertiary alicyclic amines) is 1. The van der Waals surface area contributed by atoms with E-state index < -0.39 is 47.2 Å². The zero-order valence-electron chi connectivity index (χ0n) is 38.2. The number of aryl methyl sites for hydroxylation is 1. The molecule has 3 aliphatic rings.